The number of esters is 1. The number of methoxy groups -OCH3 is 1. The molecular weight excluding hydrogens is 405 g/mol. The highest BCUT2D eigenvalue weighted by Gasteiger charge is 2.45. The predicted octanol–water partition coefficient (Wildman–Crippen LogP) is 3.67. The molecule has 0 aliphatic carbocycles. The Balaban J connectivity index is 2.00. The number of carbonyl (C=O) groups excluding carboxylic acids is 1. The van der Waals surface area contributed by atoms with Crippen LogP contribution in [0.2, 0.25) is 0 Å². The van der Waals surface area contributed by atoms with E-state index >= 15 is 0 Å². The summed E-state index contributed by atoms with van der Waals surface area (Å²) < 4.78 is 29.3. The van der Waals surface area contributed by atoms with E-state index in [1.807, 2.05) is 54.6 Å². The van der Waals surface area contributed by atoms with Crippen LogP contribution >= 0.6 is 7.60 Å². The summed E-state index contributed by atoms with van der Waals surface area (Å²) in [6.45, 7) is 3.91. The van der Waals surface area contributed by atoms with Gasteiger partial charge in [0.25, 0.3) is 0 Å². The number of carbonyl (C=O) groups is 1. The molecule has 0 saturated carbocycles. The Bertz CT molecular complexity index is 923. The minimum atomic E-state index is -3.58. The zero-order valence-electron chi connectivity index (χ0n) is 17.2. The number of hydrazine groups is 1. The van der Waals surface area contributed by atoms with E-state index in [0.29, 0.717) is 0 Å². The summed E-state index contributed by atoms with van der Waals surface area (Å²) in [6, 6.07) is 17.0. The Hall–Kier alpha value is -2.51. The topological polar surface area (TPSA) is 98.2 Å². The zero-order valence-corrected chi connectivity index (χ0v) is 18.1. The largest absolute Gasteiger partial charge is 0.463 e. The fourth-order valence-electron chi connectivity index (χ4n) is 3.23. The van der Waals surface area contributed by atoms with Crippen molar-refractivity contribution in [3.8, 4) is 11.1 Å². The lowest BCUT2D eigenvalue weighted by Crippen LogP contribution is -2.53. The molecule has 0 fully saturated rings. The van der Waals surface area contributed by atoms with Crippen molar-refractivity contribution in [1.29, 1.82) is 0 Å². The number of hydrogen-bond acceptors (Lipinski definition) is 8. The van der Waals surface area contributed by atoms with Crippen LogP contribution in [0, 0.1) is 0 Å². The third kappa shape index (κ3) is 4.79. The molecule has 0 amide bonds. The van der Waals surface area contributed by atoms with E-state index in [1.54, 1.807) is 13.8 Å². The van der Waals surface area contributed by atoms with Crippen molar-refractivity contribution in [2.75, 3.05) is 20.3 Å². The van der Waals surface area contributed by atoms with Gasteiger partial charge in [0.1, 0.15) is 6.04 Å². The lowest BCUT2D eigenvalue weighted by Gasteiger charge is -2.34. The second kappa shape index (κ2) is 10.00. The molecule has 2 aromatic carbocycles. The van der Waals surface area contributed by atoms with E-state index in [4.69, 9.17) is 13.8 Å². The molecule has 0 saturated heterocycles. The van der Waals surface area contributed by atoms with Gasteiger partial charge in [-0.1, -0.05) is 54.6 Å². The summed E-state index contributed by atoms with van der Waals surface area (Å²) in [6.07, 6.45) is 0. The first-order chi connectivity index (χ1) is 14.5. The summed E-state index contributed by atoms with van der Waals surface area (Å²) in [4.78, 5) is 16.5. The average Bonchev–Trinajstić information content (AvgIpc) is 2.79. The first-order valence-electron chi connectivity index (χ1n) is 9.74. The zero-order chi connectivity index (χ0) is 21.6. The number of amidine groups is 1. The number of benzene rings is 2. The van der Waals surface area contributed by atoms with Crippen LogP contribution in [0.5, 0.6) is 0 Å². The lowest BCUT2D eigenvalue weighted by atomic mass is 10.0. The molecule has 30 heavy (non-hydrogen) atoms. The van der Waals surface area contributed by atoms with E-state index in [0.717, 1.165) is 16.7 Å². The Morgan fingerprint density at radius 1 is 1.00 bits per heavy atom. The lowest BCUT2D eigenvalue weighted by molar-refractivity contribution is -0.133. The number of nitrogens with zero attached hydrogens (tertiary/aromatic N) is 1. The molecule has 0 spiro atoms. The second-order valence-corrected chi connectivity index (χ2v) is 8.64. The molecule has 0 unspecified atom stereocenters. The molecule has 0 radical (unpaired) electrons. The monoisotopic (exact) mass is 431 g/mol. The molecule has 1 heterocycles. The van der Waals surface area contributed by atoms with Crippen LogP contribution in [0.3, 0.4) is 0 Å². The van der Waals surface area contributed by atoms with Crippen molar-refractivity contribution >= 4 is 19.4 Å². The van der Waals surface area contributed by atoms with Crippen LogP contribution in [0.1, 0.15) is 25.5 Å². The number of hydrogen-bond donors (Lipinski definition) is 2. The summed E-state index contributed by atoms with van der Waals surface area (Å²) in [5.74, 6) is -1.46. The normalized spacial score (nSPS) is 19.0. The van der Waals surface area contributed by atoms with Gasteiger partial charge in [-0.2, -0.15) is 0 Å². The molecule has 9 heteroatoms. The van der Waals surface area contributed by atoms with E-state index in [-0.39, 0.29) is 19.0 Å². The maximum absolute atomic E-state index is 13.5. The maximum atomic E-state index is 13.5. The van der Waals surface area contributed by atoms with Gasteiger partial charge in [-0.3, -0.25) is 15.0 Å². The first kappa shape index (κ1) is 22.2. The number of nitrogens with one attached hydrogen (secondary N) is 2. The molecule has 3 rings (SSSR count). The molecule has 1 aliphatic rings. The van der Waals surface area contributed by atoms with Crippen molar-refractivity contribution in [3.05, 3.63) is 60.2 Å². The van der Waals surface area contributed by atoms with Gasteiger partial charge in [0.05, 0.1) is 20.3 Å². The Morgan fingerprint density at radius 3 is 2.17 bits per heavy atom. The van der Waals surface area contributed by atoms with Crippen LogP contribution < -0.4 is 10.9 Å². The molecule has 2 atom stereocenters. The fourth-order valence-corrected chi connectivity index (χ4v) is 5.16. The number of rotatable bonds is 8. The average molecular weight is 431 g/mol. The molecule has 160 valence electrons. The van der Waals surface area contributed by atoms with Crippen LogP contribution in [0.4, 0.5) is 0 Å². The van der Waals surface area contributed by atoms with Gasteiger partial charge >= 0.3 is 13.6 Å². The Morgan fingerprint density at radius 2 is 1.60 bits per heavy atom. The van der Waals surface area contributed by atoms with Crippen LogP contribution in [0.25, 0.3) is 11.1 Å². The number of aliphatic imine (C=N–C) groups is 1. The second-order valence-electron chi connectivity index (χ2n) is 6.49. The standard InChI is InChI=1S/C21H26N3O5P/c1-4-28-30(26,29-5-2)20-18(22-19(23-24-20)21(25)27-3)17-13-11-16(12-14-17)15-9-7-6-8-10-15/h6-14,18,20,24H,4-5H2,1-3H3,(H,22,23)/t18-,20-/m0/s1. The van der Waals surface area contributed by atoms with Crippen LogP contribution in [0.15, 0.2) is 59.6 Å². The molecule has 0 aromatic heterocycles. The first-order valence-corrected chi connectivity index (χ1v) is 11.4. The van der Waals surface area contributed by atoms with Gasteiger partial charge in [-0.15, -0.1) is 0 Å². The van der Waals surface area contributed by atoms with E-state index in [9.17, 15) is 9.36 Å². The van der Waals surface area contributed by atoms with E-state index in [1.165, 1.54) is 7.11 Å². The number of ether oxygens (including phenoxy) is 1. The summed E-state index contributed by atoms with van der Waals surface area (Å²) in [5, 5.41) is 0. The molecule has 1 aliphatic heterocycles. The van der Waals surface area contributed by atoms with Gasteiger partial charge in [-0.25, -0.2) is 10.2 Å². The highest BCUT2D eigenvalue weighted by atomic mass is 31.2. The van der Waals surface area contributed by atoms with Crippen molar-refractivity contribution < 1.29 is 23.1 Å². The third-order valence-electron chi connectivity index (χ3n) is 4.60. The summed E-state index contributed by atoms with van der Waals surface area (Å²) in [5.41, 5.74) is 8.44. The minimum absolute atomic E-state index is 0.00886. The molecule has 2 N–H and O–H groups in total. The predicted molar refractivity (Wildman–Crippen MR) is 115 cm³/mol. The molecule has 8 nitrogen and oxygen atoms in total. The smallest absolute Gasteiger partial charge is 0.374 e. The summed E-state index contributed by atoms with van der Waals surface area (Å²) in [7, 11) is -2.31. The maximum Gasteiger partial charge on any atom is 0.374 e. The van der Waals surface area contributed by atoms with Crippen molar-refractivity contribution in [3.63, 3.8) is 0 Å². The van der Waals surface area contributed by atoms with Crippen LogP contribution in [-0.2, 0) is 23.1 Å². The Kier molecular flexibility index (Phi) is 7.39. The van der Waals surface area contributed by atoms with Crippen molar-refractivity contribution in [1.82, 2.24) is 10.9 Å². The third-order valence-corrected chi connectivity index (χ3v) is 6.93. The van der Waals surface area contributed by atoms with Gasteiger partial charge in [0.15, 0.2) is 5.78 Å². The van der Waals surface area contributed by atoms with Crippen LogP contribution in [-0.4, -0.2) is 37.9 Å². The van der Waals surface area contributed by atoms with Crippen molar-refractivity contribution in [2.45, 2.75) is 25.7 Å². The van der Waals surface area contributed by atoms with Gasteiger partial charge in [0.2, 0.25) is 5.84 Å². The highest BCUT2D eigenvalue weighted by molar-refractivity contribution is 7.54. The van der Waals surface area contributed by atoms with E-state index < -0.39 is 25.4 Å². The quantitative estimate of drug-likeness (QED) is 0.486. The molecule has 2 aromatic rings. The van der Waals surface area contributed by atoms with Crippen molar-refractivity contribution in [2.24, 2.45) is 4.99 Å². The molecular formula is C21H26N3O5P. The fraction of sp³-hybridized carbons (Fsp3) is 0.333. The van der Waals surface area contributed by atoms with Gasteiger partial charge in [0, 0.05) is 0 Å². The summed E-state index contributed by atoms with van der Waals surface area (Å²) >= 11 is 0. The highest BCUT2D eigenvalue weighted by Crippen LogP contribution is 2.56. The van der Waals surface area contributed by atoms with Gasteiger partial charge < -0.3 is 13.8 Å². The minimum Gasteiger partial charge on any atom is -0.463 e. The molecule has 0 bridgehead atoms. The SMILES string of the molecule is CCOP(=O)(OCC)[C@@H]1NNC(C(=O)OC)=N[C@H]1c1ccc(-c2ccccc2)cc1. The van der Waals surface area contributed by atoms with E-state index in [2.05, 4.69) is 15.8 Å². The van der Waals surface area contributed by atoms with Gasteiger partial charge in [-0.05, 0) is 30.5 Å². The Labute approximate surface area is 176 Å².